The monoisotopic (exact) mass is 507 g/mol. The zero-order valence-corrected chi connectivity index (χ0v) is 22.9. The lowest BCUT2D eigenvalue weighted by Crippen LogP contribution is -2.45. The third-order valence-corrected chi connectivity index (χ3v) is 8.72. The van der Waals surface area contributed by atoms with Crippen molar-refractivity contribution in [2.75, 3.05) is 0 Å². The number of aliphatic hydroxyl groups excluding tert-OH is 2. The van der Waals surface area contributed by atoms with Gasteiger partial charge in [0.1, 0.15) is 11.9 Å². The van der Waals surface area contributed by atoms with E-state index < -0.39 is 35.6 Å². The predicted molar refractivity (Wildman–Crippen MR) is 136 cm³/mol. The molecule has 7 atom stereocenters. The van der Waals surface area contributed by atoms with Gasteiger partial charge in [-0.25, -0.2) is 4.98 Å². The highest BCUT2D eigenvalue weighted by atomic mass is 32.1. The number of hydrogen-bond donors (Lipinski definition) is 2. The van der Waals surface area contributed by atoms with Crippen LogP contribution in [0.3, 0.4) is 0 Å². The number of ether oxygens (including phenoxy) is 2. The summed E-state index contributed by atoms with van der Waals surface area (Å²) in [6.45, 7) is 12.8. The normalized spacial score (nSPS) is 37.5. The van der Waals surface area contributed by atoms with Crippen molar-refractivity contribution in [3.8, 4) is 0 Å². The average Bonchev–Trinajstić information content (AvgIpc) is 3.22. The number of hydrogen-bond acceptors (Lipinski definition) is 8. The number of cyclic esters (lactones) is 1. The van der Waals surface area contributed by atoms with Crippen molar-refractivity contribution in [2.45, 2.75) is 111 Å². The molecule has 2 N–H and O–H groups in total. The lowest BCUT2D eigenvalue weighted by Gasteiger charge is -2.34. The zero-order valence-electron chi connectivity index (χ0n) is 22.0. The molecule has 7 nitrogen and oxygen atoms in total. The van der Waals surface area contributed by atoms with Gasteiger partial charge in [-0.15, -0.1) is 11.3 Å². The summed E-state index contributed by atoms with van der Waals surface area (Å²) in [6, 6.07) is 0. The Morgan fingerprint density at radius 2 is 1.91 bits per heavy atom. The highest BCUT2D eigenvalue weighted by Gasteiger charge is 2.53. The summed E-state index contributed by atoms with van der Waals surface area (Å²) in [5, 5.41) is 24.6. The molecule has 0 spiro atoms. The highest BCUT2D eigenvalue weighted by molar-refractivity contribution is 7.09. The molecule has 1 aromatic heterocycles. The van der Waals surface area contributed by atoms with Crippen molar-refractivity contribution in [1.82, 2.24) is 4.98 Å². The fourth-order valence-electron chi connectivity index (χ4n) is 5.07. The largest absolute Gasteiger partial charge is 0.458 e. The molecule has 8 heteroatoms. The molecule has 196 valence electrons. The summed E-state index contributed by atoms with van der Waals surface area (Å²) < 4.78 is 11.9. The fraction of sp³-hybridized carbons (Fsp3) is 0.741. The van der Waals surface area contributed by atoms with E-state index in [0.717, 1.165) is 35.5 Å². The van der Waals surface area contributed by atoms with Gasteiger partial charge in [0.15, 0.2) is 0 Å². The molecule has 2 fully saturated rings. The standard InChI is InChI=1S/C27H41NO6S/c1-15-9-8-10-27(7)22(34-27)12-20(16(2)11-19-14-35-18(4)28-19)33-23(30)13-21(29)26(5,6)25(32)17(3)24(15)31/h11,14-15,17,20-22,24,29,31H,8-10,12-13H2,1-7H3/b16-11+/t15-,17+,20-,21+,22-,24-,27+/m0/s1. The molecule has 0 radical (unpaired) electrons. The number of rotatable bonds is 2. The summed E-state index contributed by atoms with van der Waals surface area (Å²) in [7, 11) is 0. The smallest absolute Gasteiger partial charge is 0.309 e. The molecule has 0 aliphatic carbocycles. The number of Topliss-reactive ketones (excluding diaryl/α,β-unsaturated/α-hetero) is 1. The van der Waals surface area contributed by atoms with E-state index in [1.807, 2.05) is 32.2 Å². The van der Waals surface area contributed by atoms with Gasteiger partial charge in [-0.05, 0) is 51.2 Å². The Hall–Kier alpha value is -1.61. The van der Waals surface area contributed by atoms with Crippen molar-refractivity contribution in [3.05, 3.63) is 21.7 Å². The van der Waals surface area contributed by atoms with Crippen LogP contribution in [0.25, 0.3) is 6.08 Å². The summed E-state index contributed by atoms with van der Waals surface area (Å²) in [5.41, 5.74) is 0.179. The maximum Gasteiger partial charge on any atom is 0.309 e. The average molecular weight is 508 g/mol. The van der Waals surface area contributed by atoms with Crippen LogP contribution >= 0.6 is 11.3 Å². The van der Waals surface area contributed by atoms with Crippen LogP contribution in [0.4, 0.5) is 0 Å². The third kappa shape index (κ3) is 6.59. The maximum atomic E-state index is 13.2. The molecule has 3 heterocycles. The molecule has 2 aliphatic heterocycles. The number of epoxide rings is 1. The van der Waals surface area contributed by atoms with E-state index in [4.69, 9.17) is 9.47 Å². The van der Waals surface area contributed by atoms with E-state index in [0.29, 0.717) is 6.42 Å². The van der Waals surface area contributed by atoms with Gasteiger partial charge >= 0.3 is 5.97 Å². The molecule has 0 unspecified atom stereocenters. The second-order valence-electron chi connectivity index (χ2n) is 11.3. The summed E-state index contributed by atoms with van der Waals surface area (Å²) in [4.78, 5) is 30.6. The number of carbonyl (C=O) groups excluding carboxylic acids is 2. The number of ketones is 1. The van der Waals surface area contributed by atoms with Gasteiger partial charge in [-0.2, -0.15) is 0 Å². The minimum absolute atomic E-state index is 0.0455. The van der Waals surface area contributed by atoms with E-state index in [1.54, 1.807) is 32.1 Å². The first-order valence-corrected chi connectivity index (χ1v) is 13.5. The van der Waals surface area contributed by atoms with E-state index >= 15 is 0 Å². The van der Waals surface area contributed by atoms with Crippen molar-refractivity contribution >= 4 is 29.2 Å². The predicted octanol–water partition coefficient (Wildman–Crippen LogP) is 4.48. The van der Waals surface area contributed by atoms with E-state index in [2.05, 4.69) is 11.9 Å². The van der Waals surface area contributed by atoms with E-state index in [1.165, 1.54) is 0 Å². The van der Waals surface area contributed by atoms with Crippen molar-refractivity contribution in [2.24, 2.45) is 17.3 Å². The Bertz CT molecular complexity index is 955. The first kappa shape index (κ1) is 28.0. The molecule has 2 saturated heterocycles. The second-order valence-corrected chi connectivity index (χ2v) is 12.3. The summed E-state index contributed by atoms with van der Waals surface area (Å²) >= 11 is 1.56. The Balaban J connectivity index is 1.85. The minimum atomic E-state index is -1.23. The Morgan fingerprint density at radius 3 is 2.54 bits per heavy atom. The molecule has 35 heavy (non-hydrogen) atoms. The number of aliphatic hydroxyl groups is 2. The van der Waals surface area contributed by atoms with Crippen LogP contribution in [-0.2, 0) is 19.1 Å². The second kappa shape index (κ2) is 10.8. The molecule has 1 aromatic rings. The zero-order chi connectivity index (χ0) is 26.1. The van der Waals surface area contributed by atoms with Crippen LogP contribution in [0.15, 0.2) is 11.0 Å². The number of thiazole rings is 1. The quantitative estimate of drug-likeness (QED) is 0.449. The molecule has 0 aromatic carbocycles. The van der Waals surface area contributed by atoms with Crippen molar-refractivity contribution in [1.29, 1.82) is 0 Å². The van der Waals surface area contributed by atoms with Crippen LogP contribution in [0, 0.1) is 24.2 Å². The van der Waals surface area contributed by atoms with E-state index in [-0.39, 0.29) is 29.8 Å². The van der Waals surface area contributed by atoms with Gasteiger partial charge in [0.25, 0.3) is 0 Å². The number of aromatic nitrogens is 1. The Morgan fingerprint density at radius 1 is 1.23 bits per heavy atom. The summed E-state index contributed by atoms with van der Waals surface area (Å²) in [5.74, 6) is -1.55. The topological polar surface area (TPSA) is 109 Å². The van der Waals surface area contributed by atoms with Crippen LogP contribution < -0.4 is 0 Å². The van der Waals surface area contributed by atoms with Gasteiger partial charge in [-0.1, -0.05) is 34.1 Å². The molecule has 0 amide bonds. The Labute approximate surface area is 212 Å². The van der Waals surface area contributed by atoms with Crippen LogP contribution in [-0.4, -0.2) is 57.0 Å². The molecule has 0 saturated carbocycles. The maximum absolute atomic E-state index is 13.2. The fourth-order valence-corrected chi connectivity index (χ4v) is 5.64. The highest BCUT2D eigenvalue weighted by Crippen LogP contribution is 2.45. The molecular formula is C27H41NO6S. The first-order valence-electron chi connectivity index (χ1n) is 12.6. The lowest BCUT2D eigenvalue weighted by molar-refractivity contribution is -0.154. The molecular weight excluding hydrogens is 466 g/mol. The van der Waals surface area contributed by atoms with Gasteiger partial charge in [-0.3, -0.25) is 9.59 Å². The van der Waals surface area contributed by atoms with Gasteiger partial charge < -0.3 is 19.7 Å². The van der Waals surface area contributed by atoms with E-state index in [9.17, 15) is 19.8 Å². The van der Waals surface area contributed by atoms with Crippen LogP contribution in [0.5, 0.6) is 0 Å². The summed E-state index contributed by atoms with van der Waals surface area (Å²) in [6.07, 6.45) is 1.98. The lowest BCUT2D eigenvalue weighted by atomic mass is 9.73. The number of fused-ring (bicyclic) bond motifs is 1. The van der Waals surface area contributed by atoms with Crippen molar-refractivity contribution < 1.29 is 29.3 Å². The number of carbonyl (C=O) groups is 2. The number of esters is 1. The van der Waals surface area contributed by atoms with Gasteiger partial charge in [0, 0.05) is 17.7 Å². The van der Waals surface area contributed by atoms with Crippen molar-refractivity contribution in [3.63, 3.8) is 0 Å². The van der Waals surface area contributed by atoms with Gasteiger partial charge in [0.2, 0.25) is 0 Å². The molecule has 0 bridgehead atoms. The van der Waals surface area contributed by atoms with Crippen LogP contribution in [0.1, 0.15) is 84.3 Å². The SMILES string of the molecule is C/C(=C\c1csc(C)n1)[C@@H]1C[C@@H]2O[C@]2(C)CCC[C@H](C)[C@H](O)[C@@H](C)C(=O)C(C)(C)[C@H](O)CC(=O)O1. The number of nitrogens with zero attached hydrogens (tertiary/aromatic N) is 1. The van der Waals surface area contributed by atoms with Crippen LogP contribution in [0.2, 0.25) is 0 Å². The van der Waals surface area contributed by atoms with Gasteiger partial charge in [0.05, 0.1) is 46.5 Å². The third-order valence-electron chi connectivity index (χ3n) is 7.93. The minimum Gasteiger partial charge on any atom is -0.458 e. The Kier molecular flexibility index (Phi) is 8.62. The number of aryl methyl sites for hydroxylation is 1. The first-order chi connectivity index (χ1) is 16.2. The molecule has 3 rings (SSSR count). The molecule has 2 aliphatic rings.